The third-order valence-corrected chi connectivity index (χ3v) is 3.61. The molecular weight excluding hydrogens is 218 g/mol. The highest BCUT2D eigenvalue weighted by Crippen LogP contribution is 2.43. The zero-order valence-electron chi connectivity index (χ0n) is 10.1. The van der Waals surface area contributed by atoms with Crippen LogP contribution in [0.15, 0.2) is 24.2 Å². The molecule has 2 heterocycles. The smallest absolute Gasteiger partial charge is 0.236 e. The van der Waals surface area contributed by atoms with Gasteiger partial charge in [0.05, 0.1) is 12.8 Å². The van der Waals surface area contributed by atoms with Crippen LogP contribution in [0.2, 0.25) is 0 Å². The van der Waals surface area contributed by atoms with Crippen LogP contribution in [0.3, 0.4) is 0 Å². The molecule has 1 aromatic carbocycles. The summed E-state index contributed by atoms with van der Waals surface area (Å²) in [5, 5.41) is 5.79. The van der Waals surface area contributed by atoms with Crippen molar-refractivity contribution in [2.45, 2.75) is 17.9 Å². The lowest BCUT2D eigenvalue weighted by Gasteiger charge is -2.19. The summed E-state index contributed by atoms with van der Waals surface area (Å²) in [5.74, 6) is -0.575. The number of amides is 2. The number of nitrogens with one attached hydrogen (secondary N) is 2. The summed E-state index contributed by atoms with van der Waals surface area (Å²) in [6.45, 7) is 0.378. The van der Waals surface area contributed by atoms with E-state index in [2.05, 4.69) is 10.6 Å². The van der Waals surface area contributed by atoms with Gasteiger partial charge in [-0.25, -0.2) is 0 Å². The Kier molecular flexibility index (Phi) is 1.78. The van der Waals surface area contributed by atoms with Crippen LogP contribution >= 0.6 is 0 Å². The first-order valence-electron chi connectivity index (χ1n) is 5.98. The minimum absolute atomic E-state index is 0.126. The number of rotatable bonds is 1. The van der Waals surface area contributed by atoms with E-state index in [0.717, 1.165) is 11.3 Å². The number of anilines is 1. The maximum Gasteiger partial charge on any atom is 0.236 e. The molecule has 5 heteroatoms. The van der Waals surface area contributed by atoms with Crippen molar-refractivity contribution >= 4 is 17.5 Å². The molecule has 0 aliphatic carbocycles. The summed E-state index contributed by atoms with van der Waals surface area (Å²) in [5.41, 5.74) is 6.03. The van der Waals surface area contributed by atoms with Gasteiger partial charge in [0.15, 0.2) is 0 Å². The Morgan fingerprint density at radius 2 is 2.41 bits per heavy atom. The summed E-state index contributed by atoms with van der Waals surface area (Å²) in [7, 11) is 0. The van der Waals surface area contributed by atoms with E-state index in [1.807, 2.05) is 0 Å². The van der Waals surface area contributed by atoms with Gasteiger partial charge in [0.1, 0.15) is 0 Å². The first-order chi connectivity index (χ1) is 8.53. The lowest BCUT2D eigenvalue weighted by molar-refractivity contribution is -0.120. The lowest BCUT2D eigenvalue weighted by atomic mass is 9.79. The summed E-state index contributed by atoms with van der Waals surface area (Å²) in [6, 6.07) is 4.90. The first kappa shape index (κ1) is 9.18. The Morgan fingerprint density at radius 1 is 1.59 bits per heavy atom. The third-order valence-electron chi connectivity index (χ3n) is 3.61. The standard InChI is InChI=1S/C12H13N3O2/c13-10(16)9-5-12(6-14-9)7-3-1-2-4-8(7)15-11(12)17/h1-4,9,14H,5-6H2,(H2,13,16)(H,15,17)/i1D. The molecule has 2 aliphatic rings. The van der Waals surface area contributed by atoms with Crippen LogP contribution in [0.1, 0.15) is 13.4 Å². The van der Waals surface area contributed by atoms with E-state index in [4.69, 9.17) is 7.10 Å². The van der Waals surface area contributed by atoms with Gasteiger partial charge in [0, 0.05) is 12.2 Å². The quantitative estimate of drug-likeness (QED) is 0.623. The molecule has 5 nitrogen and oxygen atoms in total. The molecule has 2 amide bonds. The molecule has 2 unspecified atom stereocenters. The van der Waals surface area contributed by atoms with Crippen LogP contribution in [0, 0.1) is 0 Å². The Morgan fingerprint density at radius 3 is 3.12 bits per heavy atom. The molecule has 0 radical (unpaired) electrons. The Bertz CT molecular complexity index is 560. The average Bonchev–Trinajstić information content (AvgIpc) is 2.86. The van der Waals surface area contributed by atoms with Gasteiger partial charge >= 0.3 is 0 Å². The molecule has 2 atom stereocenters. The summed E-state index contributed by atoms with van der Waals surface area (Å²) in [6.07, 6.45) is 0.352. The SMILES string of the molecule is [2H]c1ccc2c(c1)C1(CNC(C(N)=O)C1)C(=O)N2. The molecule has 1 aromatic rings. The van der Waals surface area contributed by atoms with Crippen LogP contribution in [0.5, 0.6) is 0 Å². The number of primary amides is 1. The minimum Gasteiger partial charge on any atom is -0.368 e. The van der Waals surface area contributed by atoms with Crippen molar-refractivity contribution < 1.29 is 11.0 Å². The number of hydrogen-bond donors (Lipinski definition) is 3. The molecule has 1 saturated heterocycles. The number of benzene rings is 1. The molecule has 1 spiro atoms. The number of hydrogen-bond acceptors (Lipinski definition) is 3. The van der Waals surface area contributed by atoms with Crippen molar-refractivity contribution in [2.75, 3.05) is 11.9 Å². The van der Waals surface area contributed by atoms with Gasteiger partial charge in [-0.2, -0.15) is 0 Å². The number of fused-ring (bicyclic) bond motifs is 2. The topological polar surface area (TPSA) is 84.2 Å². The van der Waals surface area contributed by atoms with Crippen molar-refractivity contribution in [1.29, 1.82) is 0 Å². The van der Waals surface area contributed by atoms with Crippen molar-refractivity contribution in [3.63, 3.8) is 0 Å². The largest absolute Gasteiger partial charge is 0.368 e. The lowest BCUT2D eigenvalue weighted by Crippen LogP contribution is -2.36. The average molecular weight is 232 g/mol. The highest BCUT2D eigenvalue weighted by Gasteiger charge is 2.52. The predicted molar refractivity (Wildman–Crippen MR) is 62.4 cm³/mol. The van der Waals surface area contributed by atoms with Gasteiger partial charge in [0.25, 0.3) is 0 Å². The summed E-state index contributed by atoms with van der Waals surface area (Å²) >= 11 is 0. The second-order valence-electron chi connectivity index (χ2n) is 4.55. The molecule has 3 rings (SSSR count). The second-order valence-corrected chi connectivity index (χ2v) is 4.55. The molecule has 1 fully saturated rings. The molecule has 88 valence electrons. The molecule has 2 aliphatic heterocycles. The number of para-hydroxylation sites is 1. The van der Waals surface area contributed by atoms with Crippen molar-refractivity contribution in [3.05, 3.63) is 29.8 Å². The van der Waals surface area contributed by atoms with E-state index in [9.17, 15) is 9.59 Å². The fourth-order valence-corrected chi connectivity index (χ4v) is 2.67. The van der Waals surface area contributed by atoms with Gasteiger partial charge in [0.2, 0.25) is 11.8 Å². The Hall–Kier alpha value is -1.88. The number of carbonyl (C=O) groups is 2. The minimum atomic E-state index is -0.758. The van der Waals surface area contributed by atoms with Crippen molar-refractivity contribution in [3.8, 4) is 0 Å². The molecule has 0 bridgehead atoms. The fraction of sp³-hybridized carbons (Fsp3) is 0.333. The fourth-order valence-electron chi connectivity index (χ4n) is 2.67. The zero-order chi connectivity index (χ0) is 12.9. The van der Waals surface area contributed by atoms with Crippen LogP contribution in [0.25, 0.3) is 0 Å². The van der Waals surface area contributed by atoms with Crippen LogP contribution in [0.4, 0.5) is 5.69 Å². The zero-order valence-corrected chi connectivity index (χ0v) is 9.12. The molecule has 0 saturated carbocycles. The Labute approximate surface area is 99.8 Å². The predicted octanol–water partition coefficient (Wildman–Crippen LogP) is -0.276. The maximum atomic E-state index is 12.2. The summed E-state index contributed by atoms with van der Waals surface area (Å²) < 4.78 is 7.66. The van der Waals surface area contributed by atoms with Gasteiger partial charge < -0.3 is 16.4 Å². The van der Waals surface area contributed by atoms with Gasteiger partial charge in [-0.3, -0.25) is 9.59 Å². The van der Waals surface area contributed by atoms with Crippen molar-refractivity contribution in [1.82, 2.24) is 5.32 Å². The highest BCUT2D eigenvalue weighted by atomic mass is 16.2. The summed E-state index contributed by atoms with van der Waals surface area (Å²) in [4.78, 5) is 23.4. The van der Waals surface area contributed by atoms with E-state index in [0.29, 0.717) is 19.0 Å². The normalized spacial score (nSPS) is 31.2. The maximum absolute atomic E-state index is 12.2. The number of carbonyl (C=O) groups excluding carboxylic acids is 2. The van der Waals surface area contributed by atoms with E-state index in [1.165, 1.54) is 0 Å². The van der Waals surface area contributed by atoms with Gasteiger partial charge in [-0.05, 0) is 18.1 Å². The molecule has 0 aromatic heterocycles. The van der Waals surface area contributed by atoms with E-state index < -0.39 is 17.4 Å². The van der Waals surface area contributed by atoms with Crippen LogP contribution in [-0.4, -0.2) is 24.4 Å². The highest BCUT2D eigenvalue weighted by molar-refractivity contribution is 6.07. The van der Waals surface area contributed by atoms with Gasteiger partial charge in [-0.1, -0.05) is 18.2 Å². The van der Waals surface area contributed by atoms with E-state index in [-0.39, 0.29) is 5.91 Å². The van der Waals surface area contributed by atoms with E-state index >= 15 is 0 Å². The molecule has 4 N–H and O–H groups in total. The van der Waals surface area contributed by atoms with E-state index in [1.54, 1.807) is 18.2 Å². The monoisotopic (exact) mass is 232 g/mol. The van der Waals surface area contributed by atoms with Crippen LogP contribution < -0.4 is 16.4 Å². The van der Waals surface area contributed by atoms with Crippen LogP contribution in [-0.2, 0) is 15.0 Å². The molecular formula is C12H13N3O2. The first-order valence-corrected chi connectivity index (χ1v) is 5.48. The second kappa shape index (κ2) is 3.30. The Balaban J connectivity index is 2.06. The van der Waals surface area contributed by atoms with Crippen molar-refractivity contribution in [2.24, 2.45) is 5.73 Å². The van der Waals surface area contributed by atoms with Gasteiger partial charge in [-0.15, -0.1) is 0 Å². The third kappa shape index (κ3) is 1.29. The molecule has 17 heavy (non-hydrogen) atoms. The number of nitrogens with two attached hydrogens (primary N) is 1.